The monoisotopic (exact) mass is 719 g/mol. The van der Waals surface area contributed by atoms with Crippen LogP contribution >= 0.6 is 7.37 Å². The van der Waals surface area contributed by atoms with Crippen LogP contribution in [0.5, 0.6) is 0 Å². The molecule has 0 bridgehead atoms. The number of halogens is 1. The Morgan fingerprint density at radius 2 is 1.48 bits per heavy atom. The number of pyridine rings is 1. The van der Waals surface area contributed by atoms with Crippen LogP contribution in [0.2, 0.25) is 0 Å². The largest absolute Gasteiger partial charge is 0.459 e. The highest BCUT2D eigenvalue weighted by atomic mass is 31.2. The molecule has 2 heterocycles. The first-order valence-corrected chi connectivity index (χ1v) is 19.0. The minimum atomic E-state index is -3.66. The Hall–Kier alpha value is -3.34. The van der Waals surface area contributed by atoms with Gasteiger partial charge in [0.1, 0.15) is 22.6 Å². The lowest BCUT2D eigenvalue weighted by Gasteiger charge is -2.46. The van der Waals surface area contributed by atoms with E-state index in [1.54, 1.807) is 99.8 Å². The van der Waals surface area contributed by atoms with Gasteiger partial charge in [0.05, 0.1) is 6.61 Å². The van der Waals surface area contributed by atoms with Crippen molar-refractivity contribution in [1.29, 1.82) is 0 Å². The second-order valence-electron chi connectivity index (χ2n) is 15.7. The van der Waals surface area contributed by atoms with E-state index >= 15 is 0 Å². The van der Waals surface area contributed by atoms with Crippen molar-refractivity contribution in [2.75, 3.05) is 32.4 Å². The smallest absolute Gasteiger partial charge is 0.419 e. The van der Waals surface area contributed by atoms with Gasteiger partial charge in [-0.25, -0.2) is 18.9 Å². The molecule has 278 valence electrons. The Balaban J connectivity index is 1.96. The summed E-state index contributed by atoms with van der Waals surface area (Å²) in [4.78, 5) is 47.5. The van der Waals surface area contributed by atoms with Gasteiger partial charge in [-0.1, -0.05) is 6.07 Å². The van der Waals surface area contributed by atoms with Crippen molar-refractivity contribution < 1.29 is 42.1 Å². The number of esters is 1. The molecule has 1 aliphatic heterocycles. The van der Waals surface area contributed by atoms with E-state index < -0.39 is 47.5 Å². The van der Waals surface area contributed by atoms with Crippen LogP contribution in [0.25, 0.3) is 11.1 Å². The van der Waals surface area contributed by atoms with Gasteiger partial charge in [-0.05, 0) is 129 Å². The number of benzene rings is 1. The topological polar surface area (TPSA) is 125 Å². The molecule has 0 N–H and O–H groups in total. The van der Waals surface area contributed by atoms with Crippen LogP contribution < -0.4 is 0 Å². The van der Waals surface area contributed by atoms with Crippen LogP contribution in [0.4, 0.5) is 14.0 Å². The fourth-order valence-electron chi connectivity index (χ4n) is 5.81. The standard InChI is InChI=1S/C37H55FN3O8P/c1-11-46-50(45)23-22-40(25-28-14-15-29(38)24-30(28)27-16-19-39-20-17-27)26-37(50,31(42)47-34(2,3)4)18-12-13-21-41(32(43)48-35(5,6)7)33(44)49-36(8,9)10/h14-17,19-20,24H,11-13,18,21-23,25-26H2,1-10H3/t37-,50?/m0/s1. The quantitative estimate of drug-likeness (QED) is 0.0967. The number of hydrogen-bond donors (Lipinski definition) is 0. The lowest BCUT2D eigenvalue weighted by atomic mass is 9.97. The van der Waals surface area contributed by atoms with Crippen molar-refractivity contribution >= 4 is 25.5 Å². The summed E-state index contributed by atoms with van der Waals surface area (Å²) in [5, 5.41) is -1.55. The van der Waals surface area contributed by atoms with Crippen molar-refractivity contribution in [3.8, 4) is 11.1 Å². The van der Waals surface area contributed by atoms with Crippen molar-refractivity contribution in [1.82, 2.24) is 14.8 Å². The molecule has 0 saturated carbocycles. The number of unbranched alkanes of at least 4 members (excludes halogenated alkanes) is 1. The average Bonchev–Trinajstić information content (AvgIpc) is 2.97. The third-order valence-electron chi connectivity index (χ3n) is 7.87. The van der Waals surface area contributed by atoms with Crippen molar-refractivity contribution in [2.24, 2.45) is 0 Å². The van der Waals surface area contributed by atoms with Gasteiger partial charge < -0.3 is 18.7 Å². The highest BCUT2D eigenvalue weighted by molar-refractivity contribution is 7.62. The van der Waals surface area contributed by atoms with Gasteiger partial charge in [0, 0.05) is 44.7 Å². The van der Waals surface area contributed by atoms with Gasteiger partial charge in [-0.15, -0.1) is 0 Å². The molecule has 2 atom stereocenters. The molecule has 0 spiro atoms. The maximum atomic E-state index is 14.8. The molecule has 1 aromatic heterocycles. The van der Waals surface area contributed by atoms with Crippen LogP contribution in [0.15, 0.2) is 42.7 Å². The third kappa shape index (κ3) is 11.3. The van der Waals surface area contributed by atoms with E-state index in [2.05, 4.69) is 4.98 Å². The number of carbonyl (C=O) groups excluding carboxylic acids is 3. The summed E-state index contributed by atoms with van der Waals surface area (Å²) in [5.41, 5.74) is -0.263. The van der Waals surface area contributed by atoms with Gasteiger partial charge in [-0.2, -0.15) is 0 Å². The summed E-state index contributed by atoms with van der Waals surface area (Å²) < 4.78 is 52.3. The first-order valence-electron chi connectivity index (χ1n) is 17.2. The summed E-state index contributed by atoms with van der Waals surface area (Å²) in [6, 6.07) is 8.21. The molecule has 1 aromatic carbocycles. The summed E-state index contributed by atoms with van der Waals surface area (Å²) in [6.45, 7) is 18.1. The van der Waals surface area contributed by atoms with Gasteiger partial charge in [0.15, 0.2) is 5.16 Å². The normalized spacial score (nSPS) is 20.2. The summed E-state index contributed by atoms with van der Waals surface area (Å²) in [7, 11) is -3.66. The molecule has 1 saturated heterocycles. The molecule has 0 aliphatic carbocycles. The zero-order valence-corrected chi connectivity index (χ0v) is 32.2. The van der Waals surface area contributed by atoms with Crippen LogP contribution in [0.3, 0.4) is 0 Å². The zero-order valence-electron chi connectivity index (χ0n) is 31.3. The fourth-order valence-corrected chi connectivity index (χ4v) is 8.82. The highest BCUT2D eigenvalue weighted by Gasteiger charge is 2.59. The molecule has 13 heteroatoms. The molecule has 2 amide bonds. The van der Waals surface area contributed by atoms with Gasteiger partial charge in [-0.3, -0.25) is 19.2 Å². The average molecular weight is 720 g/mol. The van der Waals surface area contributed by atoms with Gasteiger partial charge >= 0.3 is 18.2 Å². The second kappa shape index (κ2) is 16.3. The van der Waals surface area contributed by atoms with Crippen LogP contribution in [-0.4, -0.2) is 87.3 Å². The SMILES string of the molecule is CCOP1(=O)CCN(Cc2ccc(F)cc2-c2ccncc2)C[C@@]1(CCCCN(C(=O)OC(C)(C)C)C(=O)OC(C)(C)C)C(=O)OC(C)(C)C. The number of nitrogens with zero attached hydrogens (tertiary/aromatic N) is 3. The van der Waals surface area contributed by atoms with Crippen molar-refractivity contribution in [3.05, 3.63) is 54.1 Å². The number of rotatable bonds is 11. The van der Waals surface area contributed by atoms with E-state index in [0.717, 1.165) is 16.0 Å². The van der Waals surface area contributed by atoms with Crippen molar-refractivity contribution in [3.63, 3.8) is 0 Å². The molecule has 0 radical (unpaired) electrons. The molecular weight excluding hydrogens is 664 g/mol. The number of ether oxygens (including phenoxy) is 3. The molecule has 1 unspecified atom stereocenters. The van der Waals surface area contributed by atoms with E-state index in [1.165, 1.54) is 12.1 Å². The zero-order chi connectivity index (χ0) is 37.5. The third-order valence-corrected chi connectivity index (χ3v) is 11.2. The lowest BCUT2D eigenvalue weighted by Crippen LogP contribution is -2.56. The predicted molar refractivity (Wildman–Crippen MR) is 191 cm³/mol. The molecule has 2 aromatic rings. The second-order valence-corrected chi connectivity index (χ2v) is 18.6. The molecular formula is C37H55FN3O8P. The summed E-state index contributed by atoms with van der Waals surface area (Å²) in [5.74, 6) is -1.01. The molecule has 1 aliphatic rings. The van der Waals surface area contributed by atoms with Crippen LogP contribution in [0, 0.1) is 5.82 Å². The number of hydrogen-bond acceptors (Lipinski definition) is 10. The van der Waals surface area contributed by atoms with E-state index in [9.17, 15) is 23.3 Å². The van der Waals surface area contributed by atoms with Crippen molar-refractivity contribution in [2.45, 2.75) is 117 Å². The first-order chi connectivity index (χ1) is 23.1. The molecule has 3 rings (SSSR count). The minimum Gasteiger partial charge on any atom is -0.459 e. The van der Waals surface area contributed by atoms with Gasteiger partial charge in [0.2, 0.25) is 7.37 Å². The number of imide groups is 1. The van der Waals surface area contributed by atoms with E-state index in [0.29, 0.717) is 25.1 Å². The molecule has 11 nitrogen and oxygen atoms in total. The number of amides is 2. The predicted octanol–water partition coefficient (Wildman–Crippen LogP) is 8.44. The van der Waals surface area contributed by atoms with E-state index in [1.807, 2.05) is 4.90 Å². The van der Waals surface area contributed by atoms with Gasteiger partial charge in [0.25, 0.3) is 0 Å². The van der Waals surface area contributed by atoms with Crippen LogP contribution in [0.1, 0.15) is 94.1 Å². The minimum absolute atomic E-state index is 0.0538. The van der Waals surface area contributed by atoms with Crippen LogP contribution in [-0.2, 0) is 34.6 Å². The molecule has 50 heavy (non-hydrogen) atoms. The number of carbonyl (C=O) groups is 3. The summed E-state index contributed by atoms with van der Waals surface area (Å²) in [6.07, 6.45) is 2.36. The Morgan fingerprint density at radius 1 is 0.900 bits per heavy atom. The Kier molecular flexibility index (Phi) is 13.4. The first kappa shape index (κ1) is 41.1. The Labute approximate surface area is 296 Å². The van der Waals surface area contributed by atoms with E-state index in [-0.39, 0.29) is 44.5 Å². The lowest BCUT2D eigenvalue weighted by molar-refractivity contribution is -0.160. The Bertz CT molecular complexity index is 1510. The summed E-state index contributed by atoms with van der Waals surface area (Å²) >= 11 is 0. The highest BCUT2D eigenvalue weighted by Crippen LogP contribution is 2.64. The Morgan fingerprint density at radius 3 is 2.02 bits per heavy atom. The molecule has 1 fully saturated rings. The fraction of sp³-hybridized carbons (Fsp3) is 0.622. The maximum absolute atomic E-state index is 14.8. The van der Waals surface area contributed by atoms with E-state index in [4.69, 9.17) is 18.7 Å². The number of aromatic nitrogens is 1. The maximum Gasteiger partial charge on any atom is 0.419 e.